The molecule has 4 heteroatoms. The van der Waals surface area contributed by atoms with Gasteiger partial charge in [-0.3, -0.25) is 4.79 Å². The van der Waals surface area contributed by atoms with Crippen LogP contribution in [0.2, 0.25) is 0 Å². The molecule has 1 amide bonds. The van der Waals surface area contributed by atoms with Crippen molar-refractivity contribution in [2.45, 2.75) is 19.4 Å². The van der Waals surface area contributed by atoms with Gasteiger partial charge in [-0.25, -0.2) is 0 Å². The molecule has 0 heterocycles. The predicted molar refractivity (Wildman–Crippen MR) is 87.0 cm³/mol. The van der Waals surface area contributed by atoms with Crippen LogP contribution in [0.15, 0.2) is 53.0 Å². The van der Waals surface area contributed by atoms with Crippen LogP contribution in [0, 0.1) is 6.92 Å². The molecule has 2 aromatic rings. The van der Waals surface area contributed by atoms with Gasteiger partial charge in [0.25, 0.3) is 0 Å². The standard InChI is InChI=1S/C17H18BrNO2/c1-12-9-15(18)8-7-14(12)10-17(21)19-11-16(20)13-5-3-2-4-6-13/h2-9,16,20H,10-11H2,1H3,(H,19,21). The van der Waals surface area contributed by atoms with Crippen LogP contribution in [0.25, 0.3) is 0 Å². The van der Waals surface area contributed by atoms with E-state index in [2.05, 4.69) is 21.2 Å². The van der Waals surface area contributed by atoms with Crippen LogP contribution < -0.4 is 5.32 Å². The second kappa shape index (κ2) is 7.38. The molecule has 0 saturated carbocycles. The minimum atomic E-state index is -0.679. The molecule has 2 rings (SSSR count). The molecule has 0 bridgehead atoms. The lowest BCUT2D eigenvalue weighted by atomic mass is 10.1. The molecule has 0 aromatic heterocycles. The van der Waals surface area contributed by atoms with Gasteiger partial charge in [-0.1, -0.05) is 52.3 Å². The molecule has 0 aliphatic rings. The summed E-state index contributed by atoms with van der Waals surface area (Å²) in [5.74, 6) is -0.0876. The van der Waals surface area contributed by atoms with Gasteiger partial charge < -0.3 is 10.4 Å². The van der Waals surface area contributed by atoms with Crippen LogP contribution >= 0.6 is 15.9 Å². The summed E-state index contributed by atoms with van der Waals surface area (Å²) in [6.45, 7) is 2.20. The summed E-state index contributed by atoms with van der Waals surface area (Å²) in [5.41, 5.74) is 2.87. The number of amides is 1. The van der Waals surface area contributed by atoms with Gasteiger partial charge in [-0.2, -0.15) is 0 Å². The molecule has 1 atom stereocenters. The molecule has 0 spiro atoms. The number of aliphatic hydroxyl groups excluding tert-OH is 1. The van der Waals surface area contributed by atoms with Gasteiger partial charge in [0.2, 0.25) is 5.91 Å². The summed E-state index contributed by atoms with van der Waals surface area (Å²) in [6.07, 6.45) is -0.359. The van der Waals surface area contributed by atoms with Crippen molar-refractivity contribution in [3.8, 4) is 0 Å². The highest BCUT2D eigenvalue weighted by atomic mass is 79.9. The summed E-state index contributed by atoms with van der Waals surface area (Å²) in [7, 11) is 0. The topological polar surface area (TPSA) is 49.3 Å². The monoisotopic (exact) mass is 347 g/mol. The maximum Gasteiger partial charge on any atom is 0.224 e. The Hall–Kier alpha value is -1.65. The van der Waals surface area contributed by atoms with Crippen LogP contribution in [0.3, 0.4) is 0 Å². The van der Waals surface area contributed by atoms with Gasteiger partial charge >= 0.3 is 0 Å². The quantitative estimate of drug-likeness (QED) is 0.872. The molecule has 0 aliphatic heterocycles. The minimum absolute atomic E-state index is 0.0876. The highest BCUT2D eigenvalue weighted by Gasteiger charge is 2.10. The van der Waals surface area contributed by atoms with E-state index in [4.69, 9.17) is 0 Å². The first-order valence-electron chi connectivity index (χ1n) is 6.81. The fourth-order valence-electron chi connectivity index (χ4n) is 2.10. The van der Waals surface area contributed by atoms with Crippen LogP contribution in [0.5, 0.6) is 0 Å². The SMILES string of the molecule is Cc1cc(Br)ccc1CC(=O)NCC(O)c1ccccc1. The van der Waals surface area contributed by atoms with E-state index < -0.39 is 6.10 Å². The largest absolute Gasteiger partial charge is 0.387 e. The maximum atomic E-state index is 12.0. The van der Waals surface area contributed by atoms with Crippen molar-refractivity contribution >= 4 is 21.8 Å². The van der Waals surface area contributed by atoms with Crippen LogP contribution in [-0.2, 0) is 11.2 Å². The summed E-state index contributed by atoms with van der Waals surface area (Å²) >= 11 is 3.40. The van der Waals surface area contributed by atoms with Crippen LogP contribution in [0.4, 0.5) is 0 Å². The fraction of sp³-hybridized carbons (Fsp3) is 0.235. The predicted octanol–water partition coefficient (Wildman–Crippen LogP) is 3.15. The zero-order valence-electron chi connectivity index (χ0n) is 11.8. The number of hydrogen-bond acceptors (Lipinski definition) is 2. The van der Waals surface area contributed by atoms with E-state index in [-0.39, 0.29) is 12.5 Å². The molecule has 21 heavy (non-hydrogen) atoms. The molecule has 2 aromatic carbocycles. The number of hydrogen-bond donors (Lipinski definition) is 2. The fourth-order valence-corrected chi connectivity index (χ4v) is 2.57. The third-order valence-corrected chi connectivity index (χ3v) is 3.83. The highest BCUT2D eigenvalue weighted by Crippen LogP contribution is 2.16. The van der Waals surface area contributed by atoms with Gasteiger partial charge in [-0.15, -0.1) is 0 Å². The van der Waals surface area contributed by atoms with Crippen molar-refractivity contribution in [1.82, 2.24) is 5.32 Å². The Morgan fingerprint density at radius 1 is 1.24 bits per heavy atom. The Labute approximate surface area is 133 Å². The number of aryl methyl sites for hydroxylation is 1. The second-order valence-electron chi connectivity index (χ2n) is 4.98. The lowest BCUT2D eigenvalue weighted by Crippen LogP contribution is -2.29. The minimum Gasteiger partial charge on any atom is -0.387 e. The zero-order valence-corrected chi connectivity index (χ0v) is 13.4. The Bertz CT molecular complexity index is 613. The first-order chi connectivity index (χ1) is 10.1. The van der Waals surface area contributed by atoms with Gasteiger partial charge in [-0.05, 0) is 35.7 Å². The third-order valence-electron chi connectivity index (χ3n) is 3.33. The van der Waals surface area contributed by atoms with E-state index in [1.165, 1.54) is 0 Å². The Morgan fingerprint density at radius 3 is 2.62 bits per heavy atom. The Kier molecular flexibility index (Phi) is 5.53. The summed E-state index contributed by atoms with van der Waals surface area (Å²) in [4.78, 5) is 12.0. The third kappa shape index (κ3) is 4.69. The Morgan fingerprint density at radius 2 is 1.95 bits per heavy atom. The molecule has 3 nitrogen and oxygen atoms in total. The number of carbonyl (C=O) groups is 1. The lowest BCUT2D eigenvalue weighted by molar-refractivity contribution is -0.120. The summed E-state index contributed by atoms with van der Waals surface area (Å²) in [6, 6.07) is 15.2. The van der Waals surface area contributed by atoms with E-state index in [1.54, 1.807) is 0 Å². The highest BCUT2D eigenvalue weighted by molar-refractivity contribution is 9.10. The van der Waals surface area contributed by atoms with Crippen molar-refractivity contribution in [3.63, 3.8) is 0 Å². The number of benzene rings is 2. The second-order valence-corrected chi connectivity index (χ2v) is 5.89. The molecule has 0 saturated heterocycles. The van der Waals surface area contributed by atoms with Gasteiger partial charge in [0.1, 0.15) is 0 Å². The maximum absolute atomic E-state index is 12.0. The first-order valence-corrected chi connectivity index (χ1v) is 7.60. The van der Waals surface area contributed by atoms with Crippen molar-refractivity contribution in [2.24, 2.45) is 0 Å². The number of nitrogens with one attached hydrogen (secondary N) is 1. The average molecular weight is 348 g/mol. The van der Waals surface area contributed by atoms with Crippen molar-refractivity contribution in [3.05, 3.63) is 69.7 Å². The van der Waals surface area contributed by atoms with E-state index >= 15 is 0 Å². The van der Waals surface area contributed by atoms with Gasteiger partial charge in [0, 0.05) is 11.0 Å². The first kappa shape index (κ1) is 15.7. The molecule has 0 aliphatic carbocycles. The van der Waals surface area contributed by atoms with Crippen LogP contribution in [0.1, 0.15) is 22.8 Å². The zero-order chi connectivity index (χ0) is 15.2. The van der Waals surface area contributed by atoms with E-state index in [9.17, 15) is 9.90 Å². The number of aliphatic hydroxyl groups is 1. The number of carbonyl (C=O) groups excluding carboxylic acids is 1. The molecule has 110 valence electrons. The van der Waals surface area contributed by atoms with Crippen molar-refractivity contribution in [1.29, 1.82) is 0 Å². The smallest absolute Gasteiger partial charge is 0.224 e. The summed E-state index contributed by atoms with van der Waals surface area (Å²) < 4.78 is 1.00. The van der Waals surface area contributed by atoms with Crippen molar-refractivity contribution < 1.29 is 9.90 Å². The average Bonchev–Trinajstić information content (AvgIpc) is 2.48. The lowest BCUT2D eigenvalue weighted by Gasteiger charge is -2.13. The molecule has 0 radical (unpaired) electrons. The van der Waals surface area contributed by atoms with Gasteiger partial charge in [0.15, 0.2) is 0 Å². The number of halogens is 1. The molecule has 2 N–H and O–H groups in total. The normalized spacial score (nSPS) is 12.0. The Balaban J connectivity index is 1.87. The van der Waals surface area contributed by atoms with Crippen molar-refractivity contribution in [2.75, 3.05) is 6.54 Å². The number of rotatable bonds is 5. The van der Waals surface area contributed by atoms with Gasteiger partial charge in [0.05, 0.1) is 12.5 Å². The molecular weight excluding hydrogens is 330 g/mol. The molecular formula is C17H18BrNO2. The van der Waals surface area contributed by atoms with Crippen LogP contribution in [-0.4, -0.2) is 17.6 Å². The summed E-state index contributed by atoms with van der Waals surface area (Å²) in [5, 5.41) is 12.8. The van der Waals surface area contributed by atoms with E-state index in [0.717, 1.165) is 21.2 Å². The molecule has 1 unspecified atom stereocenters. The molecule has 0 fully saturated rings. The van der Waals surface area contributed by atoms with E-state index in [0.29, 0.717) is 6.42 Å². The van der Waals surface area contributed by atoms with E-state index in [1.807, 2.05) is 55.5 Å².